The molecule has 0 radical (unpaired) electrons. The summed E-state index contributed by atoms with van der Waals surface area (Å²) in [5.41, 5.74) is 0. The average Bonchev–Trinajstić information content (AvgIpc) is 2.93. The minimum atomic E-state index is -0.664. The SMILES string of the molecule is CCCCCCCC/C=C\CCCCCCCC(=O)O.CCCCCCCC/C=C\CCCCCCCC(=O)O.[H-].[H-].[H-].[K+].[K+].[K+]. The first-order valence-electron chi connectivity index (χ1n) is 17.3. The standard InChI is InChI=1S/2C18H34O2.3K.3H/c2*1-2-3-4-5-6-7-8-9-10-11-12-13-14-15-16-17-18(19)20;;;;;;/h2*9-10H,2-8,11-17H2,1H3,(H,19,20);;;;;;/q;;3*+1;3*-1/b2*10-9-;;;;;;. The first kappa shape index (κ1) is 55.7. The third kappa shape index (κ3) is 61.1. The third-order valence-corrected chi connectivity index (χ3v) is 7.30. The number of carboxylic acids is 2. The molecule has 0 aliphatic rings. The Kier molecular flexibility index (Phi) is 67.6. The summed E-state index contributed by atoms with van der Waals surface area (Å²) in [4.78, 5) is 20.6. The second kappa shape index (κ2) is 52.1. The summed E-state index contributed by atoms with van der Waals surface area (Å²) < 4.78 is 0. The fraction of sp³-hybridized carbons (Fsp3) is 0.833. The second-order valence-corrected chi connectivity index (χ2v) is 11.5. The van der Waals surface area contributed by atoms with E-state index in [-0.39, 0.29) is 158 Å². The van der Waals surface area contributed by atoms with Crippen LogP contribution in [0.4, 0.5) is 0 Å². The topological polar surface area (TPSA) is 74.6 Å². The molecule has 43 heavy (non-hydrogen) atoms. The third-order valence-electron chi connectivity index (χ3n) is 7.30. The predicted molar refractivity (Wildman–Crippen MR) is 178 cm³/mol. The molecule has 0 spiro atoms. The van der Waals surface area contributed by atoms with Crippen LogP contribution in [0.3, 0.4) is 0 Å². The van der Waals surface area contributed by atoms with Crippen LogP contribution in [0.2, 0.25) is 0 Å². The van der Waals surface area contributed by atoms with Gasteiger partial charge in [-0.15, -0.1) is 0 Å². The second-order valence-electron chi connectivity index (χ2n) is 11.5. The normalized spacial score (nSPS) is 10.5. The molecule has 0 aliphatic heterocycles. The molecule has 0 aromatic heterocycles. The molecule has 0 unspecified atom stereocenters. The van der Waals surface area contributed by atoms with Crippen LogP contribution in [-0.4, -0.2) is 22.2 Å². The van der Waals surface area contributed by atoms with Gasteiger partial charge in [0, 0.05) is 12.8 Å². The molecule has 0 fully saturated rings. The van der Waals surface area contributed by atoms with Gasteiger partial charge >= 0.3 is 166 Å². The molecule has 0 saturated heterocycles. The van der Waals surface area contributed by atoms with Gasteiger partial charge in [-0.2, -0.15) is 0 Å². The monoisotopic (exact) mass is 684 g/mol. The number of aliphatic carboxylic acids is 2. The molecule has 4 nitrogen and oxygen atoms in total. The van der Waals surface area contributed by atoms with E-state index in [9.17, 15) is 9.59 Å². The van der Waals surface area contributed by atoms with E-state index in [4.69, 9.17) is 10.2 Å². The summed E-state index contributed by atoms with van der Waals surface area (Å²) in [5, 5.41) is 17.0. The van der Waals surface area contributed by atoms with Crippen molar-refractivity contribution in [2.45, 2.75) is 194 Å². The van der Waals surface area contributed by atoms with Crippen LogP contribution >= 0.6 is 0 Å². The van der Waals surface area contributed by atoms with E-state index in [2.05, 4.69) is 38.2 Å². The first-order chi connectivity index (χ1) is 19.5. The molecule has 0 heterocycles. The van der Waals surface area contributed by atoms with Gasteiger partial charge in [0.15, 0.2) is 0 Å². The summed E-state index contributed by atoms with van der Waals surface area (Å²) in [5.74, 6) is -1.33. The molecule has 0 amide bonds. The van der Waals surface area contributed by atoms with Gasteiger partial charge in [-0.05, 0) is 64.2 Å². The molecule has 0 aliphatic carbocycles. The Bertz CT molecular complexity index is 549. The van der Waals surface area contributed by atoms with Crippen molar-refractivity contribution in [1.82, 2.24) is 0 Å². The Labute approximate surface area is 400 Å². The Balaban J connectivity index is -0.0000000926. The number of carboxylic acid groups (broad SMARTS) is 2. The van der Waals surface area contributed by atoms with Gasteiger partial charge in [0.05, 0.1) is 0 Å². The van der Waals surface area contributed by atoms with Crippen LogP contribution in [0.15, 0.2) is 24.3 Å². The van der Waals surface area contributed by atoms with Gasteiger partial charge in [-0.1, -0.05) is 141 Å². The van der Waals surface area contributed by atoms with E-state index < -0.39 is 11.9 Å². The summed E-state index contributed by atoms with van der Waals surface area (Å²) in [6.45, 7) is 4.52. The zero-order valence-electron chi connectivity index (χ0n) is 32.8. The molecular weight excluding hydrogens is 614 g/mol. The van der Waals surface area contributed by atoms with Crippen molar-refractivity contribution in [3.63, 3.8) is 0 Å². The smallest absolute Gasteiger partial charge is 1.00 e. The zero-order chi connectivity index (χ0) is 29.8. The van der Waals surface area contributed by atoms with E-state index in [0.29, 0.717) is 12.8 Å². The van der Waals surface area contributed by atoms with Gasteiger partial charge in [0.2, 0.25) is 0 Å². The number of allylic oxidation sites excluding steroid dienone is 4. The maximum Gasteiger partial charge on any atom is 1.00 e. The van der Waals surface area contributed by atoms with Crippen LogP contribution in [0.5, 0.6) is 0 Å². The van der Waals surface area contributed by atoms with E-state index >= 15 is 0 Å². The van der Waals surface area contributed by atoms with Gasteiger partial charge in [-0.3, -0.25) is 9.59 Å². The van der Waals surface area contributed by atoms with Crippen LogP contribution in [-0.2, 0) is 9.59 Å². The molecule has 0 aromatic carbocycles. The van der Waals surface area contributed by atoms with Gasteiger partial charge in [0.1, 0.15) is 0 Å². The van der Waals surface area contributed by atoms with Gasteiger partial charge in [0.25, 0.3) is 0 Å². The Morgan fingerprint density at radius 3 is 0.837 bits per heavy atom. The largest absolute Gasteiger partial charge is 1.00 e. The molecule has 0 atom stereocenters. The summed E-state index contributed by atoms with van der Waals surface area (Å²) >= 11 is 0. The summed E-state index contributed by atoms with van der Waals surface area (Å²) in [7, 11) is 0. The van der Waals surface area contributed by atoms with Crippen LogP contribution < -0.4 is 154 Å². The molecular formula is C36H71K3O4. The Hall–Kier alpha value is 3.33. The van der Waals surface area contributed by atoms with Crippen molar-refractivity contribution in [1.29, 1.82) is 0 Å². The molecule has 0 bridgehead atoms. The first-order valence-corrected chi connectivity index (χ1v) is 17.3. The quantitative estimate of drug-likeness (QED) is 0.0690. The maximum absolute atomic E-state index is 10.3. The van der Waals surface area contributed by atoms with Crippen LogP contribution in [0, 0.1) is 0 Å². The number of hydrogen-bond donors (Lipinski definition) is 2. The number of unbranched alkanes of at least 4 members (excludes halogenated alkanes) is 22. The minimum Gasteiger partial charge on any atom is -1.00 e. The van der Waals surface area contributed by atoms with Gasteiger partial charge < -0.3 is 14.5 Å². The Morgan fingerprint density at radius 2 is 0.605 bits per heavy atom. The summed E-state index contributed by atoms with van der Waals surface area (Å²) in [6, 6.07) is 0. The fourth-order valence-electron chi connectivity index (χ4n) is 4.69. The zero-order valence-corrected chi connectivity index (χ0v) is 39.2. The van der Waals surface area contributed by atoms with Crippen molar-refractivity contribution in [2.24, 2.45) is 0 Å². The van der Waals surface area contributed by atoms with Crippen molar-refractivity contribution >= 4 is 11.9 Å². The molecule has 0 aromatic rings. The molecule has 0 rings (SSSR count). The number of carbonyl (C=O) groups is 2. The number of hydrogen-bond acceptors (Lipinski definition) is 2. The molecule has 242 valence electrons. The molecule has 2 N–H and O–H groups in total. The number of rotatable bonds is 30. The minimum absolute atomic E-state index is 0. The average molecular weight is 685 g/mol. The maximum atomic E-state index is 10.3. The molecule has 7 heteroatoms. The van der Waals surface area contributed by atoms with E-state index in [1.165, 1.54) is 141 Å². The predicted octanol–water partition coefficient (Wildman–Crippen LogP) is 3.57. The summed E-state index contributed by atoms with van der Waals surface area (Å²) in [6.07, 6.45) is 42.5. The fourth-order valence-corrected chi connectivity index (χ4v) is 4.69. The van der Waals surface area contributed by atoms with Crippen molar-refractivity contribution < 1.29 is 178 Å². The van der Waals surface area contributed by atoms with Gasteiger partial charge in [-0.25, -0.2) is 0 Å². The van der Waals surface area contributed by atoms with Crippen LogP contribution in [0.25, 0.3) is 0 Å². The van der Waals surface area contributed by atoms with E-state index in [1.807, 2.05) is 0 Å². The van der Waals surface area contributed by atoms with Crippen LogP contribution in [0.1, 0.15) is 198 Å². The Morgan fingerprint density at radius 1 is 0.395 bits per heavy atom. The van der Waals surface area contributed by atoms with E-state index in [0.717, 1.165) is 25.7 Å². The van der Waals surface area contributed by atoms with E-state index in [1.54, 1.807) is 0 Å². The van der Waals surface area contributed by atoms with Crippen molar-refractivity contribution in [2.75, 3.05) is 0 Å². The molecule has 0 saturated carbocycles. The van der Waals surface area contributed by atoms with Crippen molar-refractivity contribution in [3.8, 4) is 0 Å². The van der Waals surface area contributed by atoms with Crippen molar-refractivity contribution in [3.05, 3.63) is 24.3 Å².